The molecule has 0 saturated heterocycles. The molecule has 128 valence electrons. The lowest BCUT2D eigenvalue weighted by atomic mass is 10.2. The van der Waals surface area contributed by atoms with Crippen LogP contribution in [0.3, 0.4) is 0 Å². The Bertz CT molecular complexity index is 1090. The molecule has 9 heteroatoms. The molecule has 5 nitrogen and oxygen atoms in total. The quantitative estimate of drug-likeness (QED) is 0.664. The van der Waals surface area contributed by atoms with E-state index in [9.17, 15) is 17.6 Å². The lowest BCUT2D eigenvalue weighted by Crippen LogP contribution is -2.14. The topological polar surface area (TPSA) is 76.1 Å². The summed E-state index contributed by atoms with van der Waals surface area (Å²) >= 11 is 12.2. The highest BCUT2D eigenvalue weighted by atomic mass is 35.5. The molecule has 0 spiro atoms. The Balaban J connectivity index is 2.18. The molecule has 0 aliphatic heterocycles. The molecular weight excluding hydrogens is 390 g/mol. The van der Waals surface area contributed by atoms with Gasteiger partial charge in [0.15, 0.2) is 6.29 Å². The fourth-order valence-corrected chi connectivity index (χ4v) is 3.91. The summed E-state index contributed by atoms with van der Waals surface area (Å²) in [5.74, 6) is -0.564. The van der Waals surface area contributed by atoms with E-state index in [2.05, 4.69) is 9.71 Å². The number of pyridine rings is 1. The lowest BCUT2D eigenvalue weighted by Gasteiger charge is -2.13. The molecule has 0 radical (unpaired) electrons. The second-order valence-corrected chi connectivity index (χ2v) is 7.52. The molecule has 0 aliphatic carbocycles. The van der Waals surface area contributed by atoms with Crippen molar-refractivity contribution in [2.75, 3.05) is 4.72 Å². The summed E-state index contributed by atoms with van der Waals surface area (Å²) in [5.41, 5.74) is 0.204. The van der Waals surface area contributed by atoms with Crippen molar-refractivity contribution in [3.05, 3.63) is 64.0 Å². The van der Waals surface area contributed by atoms with Crippen LogP contribution in [-0.4, -0.2) is 19.7 Å². The number of hydrogen-bond acceptors (Lipinski definition) is 4. The van der Waals surface area contributed by atoms with Crippen molar-refractivity contribution in [2.24, 2.45) is 0 Å². The SMILES string of the molecule is O=Cc1ccc2c(Cl)cc(Cl)c(NS(=O)(=O)c3ccc(F)cc3)c2n1. The maximum Gasteiger partial charge on any atom is 0.262 e. The minimum absolute atomic E-state index is 0.0127. The van der Waals surface area contributed by atoms with Gasteiger partial charge in [-0.3, -0.25) is 9.52 Å². The van der Waals surface area contributed by atoms with E-state index < -0.39 is 15.8 Å². The number of aldehydes is 1. The fraction of sp³-hybridized carbons (Fsp3) is 0. The van der Waals surface area contributed by atoms with Gasteiger partial charge in [0.05, 0.1) is 26.1 Å². The Morgan fingerprint density at radius 1 is 1.04 bits per heavy atom. The van der Waals surface area contributed by atoms with Gasteiger partial charge in [0, 0.05) is 5.39 Å². The molecule has 0 atom stereocenters. The standard InChI is InChI=1S/C16H9Cl2FN2O3S/c17-13-7-14(18)16(15-12(13)6-3-10(8-22)20-15)21-25(23,24)11-4-1-9(19)2-5-11/h1-8,21H. The van der Waals surface area contributed by atoms with Crippen LogP contribution in [0.4, 0.5) is 10.1 Å². The summed E-state index contributed by atoms with van der Waals surface area (Å²) in [6.07, 6.45) is 0.520. The van der Waals surface area contributed by atoms with Gasteiger partial charge in [-0.1, -0.05) is 23.2 Å². The Kier molecular flexibility index (Phi) is 4.64. The predicted molar refractivity (Wildman–Crippen MR) is 94.4 cm³/mol. The molecule has 0 aliphatic rings. The van der Waals surface area contributed by atoms with Crippen LogP contribution in [0.15, 0.2) is 47.4 Å². The molecule has 0 fully saturated rings. The lowest BCUT2D eigenvalue weighted by molar-refractivity contribution is 0.111. The number of aromatic nitrogens is 1. The largest absolute Gasteiger partial charge is 0.296 e. The number of nitrogens with zero attached hydrogens (tertiary/aromatic N) is 1. The minimum Gasteiger partial charge on any atom is -0.296 e. The number of carbonyl (C=O) groups is 1. The number of nitrogens with one attached hydrogen (secondary N) is 1. The highest BCUT2D eigenvalue weighted by molar-refractivity contribution is 7.92. The average molecular weight is 399 g/mol. The summed E-state index contributed by atoms with van der Waals surface area (Å²) in [6, 6.07) is 8.66. The fourth-order valence-electron chi connectivity index (χ4n) is 2.20. The number of benzene rings is 2. The smallest absolute Gasteiger partial charge is 0.262 e. The third-order valence-electron chi connectivity index (χ3n) is 3.38. The second kappa shape index (κ2) is 6.59. The van der Waals surface area contributed by atoms with Gasteiger partial charge in [0.25, 0.3) is 10.0 Å². The van der Waals surface area contributed by atoms with E-state index in [1.165, 1.54) is 12.1 Å². The second-order valence-electron chi connectivity index (χ2n) is 5.02. The number of rotatable bonds is 4. The number of sulfonamides is 1. The molecule has 0 bridgehead atoms. The van der Waals surface area contributed by atoms with Crippen LogP contribution in [0, 0.1) is 5.82 Å². The van der Waals surface area contributed by atoms with Gasteiger partial charge in [0.1, 0.15) is 11.5 Å². The summed E-state index contributed by atoms with van der Waals surface area (Å²) < 4.78 is 40.4. The summed E-state index contributed by atoms with van der Waals surface area (Å²) in [5, 5.41) is 0.696. The van der Waals surface area contributed by atoms with Gasteiger partial charge in [-0.05, 0) is 42.5 Å². The predicted octanol–water partition coefficient (Wildman–Crippen LogP) is 4.29. The molecular formula is C16H9Cl2FN2O3S. The van der Waals surface area contributed by atoms with E-state index in [0.717, 1.165) is 24.3 Å². The summed E-state index contributed by atoms with van der Waals surface area (Å²) in [4.78, 5) is 14.9. The number of carbonyl (C=O) groups excluding carboxylic acids is 1. The van der Waals surface area contributed by atoms with Crippen LogP contribution in [0.2, 0.25) is 10.0 Å². The molecule has 0 saturated carbocycles. The monoisotopic (exact) mass is 398 g/mol. The molecule has 3 aromatic rings. The van der Waals surface area contributed by atoms with Crippen LogP contribution >= 0.6 is 23.2 Å². The minimum atomic E-state index is -4.05. The maximum absolute atomic E-state index is 13.0. The van der Waals surface area contributed by atoms with Crippen LogP contribution < -0.4 is 4.72 Å². The number of hydrogen-bond donors (Lipinski definition) is 1. The molecule has 0 amide bonds. The third kappa shape index (κ3) is 3.44. The first-order valence-corrected chi connectivity index (χ1v) is 9.08. The van der Waals surface area contributed by atoms with Crippen molar-refractivity contribution in [3.8, 4) is 0 Å². The first-order chi connectivity index (χ1) is 11.8. The van der Waals surface area contributed by atoms with Gasteiger partial charge in [-0.25, -0.2) is 17.8 Å². The Labute approximate surface area is 152 Å². The van der Waals surface area contributed by atoms with Crippen molar-refractivity contribution in [1.29, 1.82) is 0 Å². The van der Waals surface area contributed by atoms with E-state index in [1.807, 2.05) is 0 Å². The number of halogens is 3. The van der Waals surface area contributed by atoms with Crippen molar-refractivity contribution in [1.82, 2.24) is 4.98 Å². The van der Waals surface area contributed by atoms with E-state index in [0.29, 0.717) is 11.7 Å². The Morgan fingerprint density at radius 3 is 2.36 bits per heavy atom. The average Bonchev–Trinajstić information content (AvgIpc) is 2.58. The van der Waals surface area contributed by atoms with Crippen LogP contribution in [-0.2, 0) is 10.0 Å². The summed E-state index contributed by atoms with van der Waals surface area (Å²) in [7, 11) is -4.05. The molecule has 1 N–H and O–H groups in total. The zero-order valence-electron chi connectivity index (χ0n) is 12.3. The third-order valence-corrected chi connectivity index (χ3v) is 5.36. The van der Waals surface area contributed by atoms with Gasteiger partial charge in [-0.2, -0.15) is 0 Å². The Morgan fingerprint density at radius 2 is 1.72 bits per heavy atom. The van der Waals surface area contributed by atoms with Gasteiger partial charge in [0.2, 0.25) is 0 Å². The molecule has 3 rings (SSSR count). The summed E-state index contributed by atoms with van der Waals surface area (Å²) in [6.45, 7) is 0. The van der Waals surface area contributed by atoms with E-state index in [1.54, 1.807) is 6.07 Å². The van der Waals surface area contributed by atoms with E-state index in [4.69, 9.17) is 23.2 Å². The van der Waals surface area contributed by atoms with E-state index >= 15 is 0 Å². The first kappa shape index (κ1) is 17.6. The van der Waals surface area contributed by atoms with Crippen LogP contribution in [0.1, 0.15) is 10.5 Å². The van der Waals surface area contributed by atoms with Gasteiger partial charge >= 0.3 is 0 Å². The zero-order valence-corrected chi connectivity index (χ0v) is 14.7. The highest BCUT2D eigenvalue weighted by Gasteiger charge is 2.20. The normalized spacial score (nSPS) is 11.5. The van der Waals surface area contributed by atoms with Gasteiger partial charge < -0.3 is 0 Å². The van der Waals surface area contributed by atoms with Crippen LogP contribution in [0.25, 0.3) is 10.9 Å². The van der Waals surface area contributed by atoms with Crippen LogP contribution in [0.5, 0.6) is 0 Å². The van der Waals surface area contributed by atoms with Crippen molar-refractivity contribution in [3.63, 3.8) is 0 Å². The first-order valence-electron chi connectivity index (χ1n) is 6.84. The molecule has 25 heavy (non-hydrogen) atoms. The maximum atomic E-state index is 13.0. The molecule has 0 unspecified atom stereocenters. The Hall–Kier alpha value is -2.22. The van der Waals surface area contributed by atoms with Crippen molar-refractivity contribution < 1.29 is 17.6 Å². The molecule has 1 heterocycles. The van der Waals surface area contributed by atoms with E-state index in [-0.39, 0.29) is 31.8 Å². The molecule has 1 aromatic heterocycles. The molecule has 2 aromatic carbocycles. The zero-order chi connectivity index (χ0) is 18.2. The van der Waals surface area contributed by atoms with Gasteiger partial charge in [-0.15, -0.1) is 0 Å². The highest BCUT2D eigenvalue weighted by Crippen LogP contribution is 2.36. The number of fused-ring (bicyclic) bond motifs is 1. The number of anilines is 1. The van der Waals surface area contributed by atoms with Crippen molar-refractivity contribution >= 4 is 56.1 Å². The van der Waals surface area contributed by atoms with Crippen molar-refractivity contribution in [2.45, 2.75) is 4.90 Å².